The van der Waals surface area contributed by atoms with Gasteiger partial charge in [-0.1, -0.05) is 40.7 Å². The summed E-state index contributed by atoms with van der Waals surface area (Å²) in [6, 6.07) is 5.20. The van der Waals surface area contributed by atoms with Crippen LogP contribution in [0.1, 0.15) is 40.2 Å². The molecule has 0 radical (unpaired) electrons. The number of carbonyl (C=O) groups excluding carboxylic acids is 2. The lowest BCUT2D eigenvalue weighted by molar-refractivity contribution is -0.139. The first-order valence-electron chi connectivity index (χ1n) is 9.28. The highest BCUT2D eigenvalue weighted by Gasteiger charge is 2.31. The Labute approximate surface area is 163 Å². The molecule has 1 aromatic rings. The van der Waals surface area contributed by atoms with E-state index in [0.29, 0.717) is 24.5 Å². The molecule has 1 unspecified atom stereocenters. The molecule has 0 fully saturated rings. The van der Waals surface area contributed by atoms with Crippen molar-refractivity contribution >= 4 is 11.8 Å². The van der Waals surface area contributed by atoms with Gasteiger partial charge in [0.15, 0.2) is 11.5 Å². The first kappa shape index (κ1) is 22.8. The maximum atomic E-state index is 12.9. The molecule has 0 aliphatic heterocycles. The topological polar surface area (TPSA) is 67.9 Å². The standard InChI is InChI=1S/C21H34N2O4/c1-14(2)18(22-20(25)21(3,4)5)19(24)23(6)12-11-15-9-10-16(26-7)17(13-15)27-8/h9-10,13-14,18H,11-12H2,1-8H3,(H,22,25). The molecule has 2 amide bonds. The second-order valence-electron chi connectivity index (χ2n) is 8.14. The van der Waals surface area contributed by atoms with E-state index in [1.165, 1.54) is 0 Å². The Morgan fingerprint density at radius 3 is 2.19 bits per heavy atom. The molecular formula is C21H34N2O4. The van der Waals surface area contributed by atoms with Crippen molar-refractivity contribution in [3.63, 3.8) is 0 Å². The second-order valence-corrected chi connectivity index (χ2v) is 8.14. The summed E-state index contributed by atoms with van der Waals surface area (Å²) in [4.78, 5) is 26.8. The number of nitrogens with zero attached hydrogens (tertiary/aromatic N) is 1. The van der Waals surface area contributed by atoms with Crippen molar-refractivity contribution < 1.29 is 19.1 Å². The monoisotopic (exact) mass is 378 g/mol. The zero-order valence-corrected chi connectivity index (χ0v) is 17.9. The van der Waals surface area contributed by atoms with Crippen molar-refractivity contribution in [3.05, 3.63) is 23.8 Å². The van der Waals surface area contributed by atoms with E-state index in [0.717, 1.165) is 5.56 Å². The molecule has 0 spiro atoms. The number of methoxy groups -OCH3 is 2. The third kappa shape index (κ3) is 6.45. The summed E-state index contributed by atoms with van der Waals surface area (Å²) in [6.07, 6.45) is 0.681. The molecule has 0 saturated heterocycles. The molecule has 6 heteroatoms. The van der Waals surface area contributed by atoms with Crippen LogP contribution in [-0.4, -0.2) is 50.6 Å². The first-order chi connectivity index (χ1) is 12.5. The molecule has 0 aromatic heterocycles. The van der Waals surface area contributed by atoms with E-state index < -0.39 is 11.5 Å². The SMILES string of the molecule is COc1ccc(CCN(C)C(=O)C(NC(=O)C(C)(C)C)C(C)C)cc1OC. The van der Waals surface area contributed by atoms with Gasteiger partial charge in [-0.2, -0.15) is 0 Å². The molecule has 1 atom stereocenters. The predicted octanol–water partition coefficient (Wildman–Crippen LogP) is 2.89. The number of hydrogen-bond acceptors (Lipinski definition) is 4. The summed E-state index contributed by atoms with van der Waals surface area (Å²) in [6.45, 7) is 9.94. The van der Waals surface area contributed by atoms with Crippen molar-refractivity contribution in [2.24, 2.45) is 11.3 Å². The average Bonchev–Trinajstić information content (AvgIpc) is 2.61. The van der Waals surface area contributed by atoms with Gasteiger partial charge in [0.2, 0.25) is 11.8 Å². The van der Waals surface area contributed by atoms with Crippen LogP contribution in [-0.2, 0) is 16.0 Å². The van der Waals surface area contributed by atoms with E-state index in [9.17, 15) is 9.59 Å². The quantitative estimate of drug-likeness (QED) is 0.755. The average molecular weight is 379 g/mol. The van der Waals surface area contributed by atoms with Gasteiger partial charge in [-0.25, -0.2) is 0 Å². The van der Waals surface area contributed by atoms with Gasteiger partial charge >= 0.3 is 0 Å². The van der Waals surface area contributed by atoms with E-state index in [2.05, 4.69) is 5.32 Å². The highest BCUT2D eigenvalue weighted by Crippen LogP contribution is 2.27. The molecular weight excluding hydrogens is 344 g/mol. The maximum Gasteiger partial charge on any atom is 0.245 e. The number of ether oxygens (including phenoxy) is 2. The molecule has 27 heavy (non-hydrogen) atoms. The maximum absolute atomic E-state index is 12.9. The van der Waals surface area contributed by atoms with Crippen LogP contribution in [0.5, 0.6) is 11.5 Å². The minimum Gasteiger partial charge on any atom is -0.493 e. The van der Waals surface area contributed by atoms with Crippen LogP contribution in [0.4, 0.5) is 0 Å². The number of amides is 2. The first-order valence-corrected chi connectivity index (χ1v) is 9.28. The highest BCUT2D eigenvalue weighted by molar-refractivity contribution is 5.89. The van der Waals surface area contributed by atoms with Crippen LogP contribution in [0, 0.1) is 11.3 Å². The fourth-order valence-electron chi connectivity index (χ4n) is 2.55. The Hall–Kier alpha value is -2.24. The number of likely N-dealkylation sites (N-methyl/N-ethyl adjacent to an activating group) is 1. The molecule has 1 aromatic carbocycles. The zero-order chi connectivity index (χ0) is 20.8. The second kappa shape index (κ2) is 9.62. The van der Waals surface area contributed by atoms with Crippen molar-refractivity contribution in [1.29, 1.82) is 0 Å². The van der Waals surface area contributed by atoms with Gasteiger partial charge < -0.3 is 19.7 Å². The van der Waals surface area contributed by atoms with Crippen LogP contribution in [0.15, 0.2) is 18.2 Å². The van der Waals surface area contributed by atoms with Crippen molar-refractivity contribution in [2.75, 3.05) is 27.8 Å². The number of hydrogen-bond donors (Lipinski definition) is 1. The normalized spacial score (nSPS) is 12.5. The highest BCUT2D eigenvalue weighted by atomic mass is 16.5. The third-order valence-corrected chi connectivity index (χ3v) is 4.46. The lowest BCUT2D eigenvalue weighted by atomic mass is 9.93. The van der Waals surface area contributed by atoms with E-state index in [1.54, 1.807) is 26.2 Å². The summed E-state index contributed by atoms with van der Waals surface area (Å²) in [5.74, 6) is 1.15. The third-order valence-electron chi connectivity index (χ3n) is 4.46. The fraction of sp³-hybridized carbons (Fsp3) is 0.619. The van der Waals surface area contributed by atoms with Gasteiger partial charge in [-0.05, 0) is 30.0 Å². The minimum absolute atomic E-state index is 0.00679. The summed E-state index contributed by atoms with van der Waals surface area (Å²) in [5, 5.41) is 2.90. The smallest absolute Gasteiger partial charge is 0.245 e. The fourth-order valence-corrected chi connectivity index (χ4v) is 2.55. The summed E-state index contributed by atoms with van der Waals surface area (Å²) in [7, 11) is 4.96. The predicted molar refractivity (Wildman–Crippen MR) is 107 cm³/mol. The van der Waals surface area contributed by atoms with Crippen LogP contribution < -0.4 is 14.8 Å². The van der Waals surface area contributed by atoms with Crippen molar-refractivity contribution in [3.8, 4) is 11.5 Å². The Morgan fingerprint density at radius 2 is 1.70 bits per heavy atom. The zero-order valence-electron chi connectivity index (χ0n) is 17.9. The lowest BCUT2D eigenvalue weighted by Crippen LogP contribution is -2.53. The number of benzene rings is 1. The van der Waals surface area contributed by atoms with E-state index in [-0.39, 0.29) is 17.7 Å². The summed E-state index contributed by atoms with van der Waals surface area (Å²) in [5.41, 5.74) is 0.512. The molecule has 0 aliphatic carbocycles. The van der Waals surface area contributed by atoms with Crippen LogP contribution >= 0.6 is 0 Å². The molecule has 6 nitrogen and oxygen atoms in total. The minimum atomic E-state index is -0.536. The molecule has 1 N–H and O–H groups in total. The number of nitrogens with one attached hydrogen (secondary N) is 1. The van der Waals surface area contributed by atoms with Crippen molar-refractivity contribution in [1.82, 2.24) is 10.2 Å². The van der Waals surface area contributed by atoms with Crippen LogP contribution in [0.2, 0.25) is 0 Å². The lowest BCUT2D eigenvalue weighted by Gasteiger charge is -2.29. The van der Waals surface area contributed by atoms with Crippen LogP contribution in [0.25, 0.3) is 0 Å². The Bertz CT molecular complexity index is 650. The molecule has 152 valence electrons. The van der Waals surface area contributed by atoms with E-state index in [4.69, 9.17) is 9.47 Å². The molecule has 1 rings (SSSR count). The molecule has 0 aliphatic rings. The van der Waals surface area contributed by atoms with E-state index in [1.807, 2.05) is 52.8 Å². The number of carbonyl (C=O) groups is 2. The summed E-state index contributed by atoms with van der Waals surface area (Å²) < 4.78 is 10.6. The Balaban J connectivity index is 2.77. The van der Waals surface area contributed by atoms with Gasteiger partial charge in [0.25, 0.3) is 0 Å². The summed E-state index contributed by atoms with van der Waals surface area (Å²) >= 11 is 0. The van der Waals surface area contributed by atoms with Gasteiger partial charge in [0.05, 0.1) is 14.2 Å². The van der Waals surface area contributed by atoms with E-state index >= 15 is 0 Å². The Morgan fingerprint density at radius 1 is 1.11 bits per heavy atom. The van der Waals surface area contributed by atoms with Gasteiger partial charge in [0.1, 0.15) is 6.04 Å². The van der Waals surface area contributed by atoms with Gasteiger partial charge in [0, 0.05) is 19.0 Å². The molecule has 0 heterocycles. The largest absolute Gasteiger partial charge is 0.493 e. The van der Waals surface area contributed by atoms with Crippen LogP contribution in [0.3, 0.4) is 0 Å². The molecule has 0 saturated carbocycles. The van der Waals surface area contributed by atoms with Gasteiger partial charge in [-0.3, -0.25) is 9.59 Å². The Kier molecular flexibility index (Phi) is 8.13. The van der Waals surface area contributed by atoms with Crippen molar-refractivity contribution in [2.45, 2.75) is 47.1 Å². The van der Waals surface area contributed by atoms with Gasteiger partial charge in [-0.15, -0.1) is 0 Å². The number of rotatable bonds is 8. The molecule has 0 bridgehead atoms.